The lowest BCUT2D eigenvalue weighted by molar-refractivity contribution is 0.302. The fraction of sp³-hybridized carbons (Fsp3) is 0.462. The normalized spacial score (nSPS) is 20.2. The molecule has 1 fully saturated rings. The molecule has 20 heavy (non-hydrogen) atoms. The van der Waals surface area contributed by atoms with E-state index in [-0.39, 0.29) is 21.5 Å². The summed E-state index contributed by atoms with van der Waals surface area (Å²) in [6, 6.07) is 6.44. The maximum Gasteiger partial charge on any atom is 0.244 e. The zero-order valence-corrected chi connectivity index (χ0v) is 12.9. The molecular weight excluding hydrogens is 298 g/mol. The van der Waals surface area contributed by atoms with Crippen LogP contribution in [0.5, 0.6) is 0 Å². The van der Waals surface area contributed by atoms with Crippen LogP contribution in [0.1, 0.15) is 12.0 Å². The van der Waals surface area contributed by atoms with E-state index in [0.29, 0.717) is 13.1 Å². The first-order chi connectivity index (χ1) is 9.36. The molecule has 0 saturated carbocycles. The smallest absolute Gasteiger partial charge is 0.244 e. The van der Waals surface area contributed by atoms with E-state index in [9.17, 15) is 8.42 Å². The van der Waals surface area contributed by atoms with Gasteiger partial charge in [0, 0.05) is 19.1 Å². The number of hydrogen-bond acceptors (Lipinski definition) is 4. The predicted octanol–water partition coefficient (Wildman–Crippen LogP) is 1.54. The zero-order valence-electron chi connectivity index (χ0n) is 11.4. The second-order valence-electron chi connectivity index (χ2n) is 5.03. The van der Waals surface area contributed by atoms with Crippen molar-refractivity contribution < 1.29 is 8.42 Å². The van der Waals surface area contributed by atoms with Crippen LogP contribution in [0.15, 0.2) is 23.1 Å². The van der Waals surface area contributed by atoms with E-state index in [1.165, 1.54) is 22.5 Å². The van der Waals surface area contributed by atoms with Crippen molar-refractivity contribution in [1.29, 1.82) is 5.26 Å². The van der Waals surface area contributed by atoms with E-state index in [4.69, 9.17) is 16.9 Å². The molecule has 1 aliphatic heterocycles. The van der Waals surface area contributed by atoms with Crippen LogP contribution in [0.2, 0.25) is 5.02 Å². The second-order valence-corrected chi connectivity index (χ2v) is 7.34. The molecule has 108 valence electrons. The third kappa shape index (κ3) is 2.81. The molecule has 0 N–H and O–H groups in total. The third-order valence-corrected chi connectivity index (χ3v) is 5.88. The average Bonchev–Trinajstić information content (AvgIpc) is 2.89. The predicted molar refractivity (Wildman–Crippen MR) is 77.0 cm³/mol. The second kappa shape index (κ2) is 5.70. The average molecular weight is 314 g/mol. The van der Waals surface area contributed by atoms with Gasteiger partial charge in [0.2, 0.25) is 10.0 Å². The van der Waals surface area contributed by atoms with E-state index in [2.05, 4.69) is 0 Å². The molecule has 1 atom stereocenters. The minimum absolute atomic E-state index is 0.0117. The number of nitrogens with zero attached hydrogens (tertiary/aromatic N) is 3. The summed E-state index contributed by atoms with van der Waals surface area (Å²) in [5.74, 6) is 0. The molecule has 2 rings (SSSR count). The zero-order chi connectivity index (χ0) is 14.9. The summed E-state index contributed by atoms with van der Waals surface area (Å²) < 4.78 is 26.6. The van der Waals surface area contributed by atoms with Gasteiger partial charge >= 0.3 is 0 Å². The van der Waals surface area contributed by atoms with Gasteiger partial charge in [0.25, 0.3) is 0 Å². The molecule has 0 radical (unpaired) electrons. The van der Waals surface area contributed by atoms with Crippen molar-refractivity contribution in [3.8, 4) is 6.07 Å². The highest BCUT2D eigenvalue weighted by molar-refractivity contribution is 7.89. The molecule has 0 spiro atoms. The van der Waals surface area contributed by atoms with Gasteiger partial charge in [-0.1, -0.05) is 11.6 Å². The summed E-state index contributed by atoms with van der Waals surface area (Å²) in [7, 11) is 0.224. The van der Waals surface area contributed by atoms with Gasteiger partial charge in [0.15, 0.2) is 0 Å². The first kappa shape index (κ1) is 15.3. The van der Waals surface area contributed by atoms with E-state index in [1.807, 2.05) is 25.1 Å². The number of sulfonamides is 1. The van der Waals surface area contributed by atoms with Gasteiger partial charge in [0.05, 0.1) is 16.7 Å². The Morgan fingerprint density at radius 2 is 2.15 bits per heavy atom. The quantitative estimate of drug-likeness (QED) is 0.849. The molecule has 0 aliphatic carbocycles. The molecule has 7 heteroatoms. The van der Waals surface area contributed by atoms with Crippen molar-refractivity contribution in [2.75, 3.05) is 27.2 Å². The largest absolute Gasteiger partial charge is 0.305 e. The van der Waals surface area contributed by atoms with E-state index >= 15 is 0 Å². The van der Waals surface area contributed by atoms with Crippen molar-refractivity contribution in [3.05, 3.63) is 28.8 Å². The van der Waals surface area contributed by atoms with Crippen LogP contribution in [0, 0.1) is 11.3 Å². The molecule has 1 aromatic rings. The van der Waals surface area contributed by atoms with Gasteiger partial charge < -0.3 is 4.90 Å². The van der Waals surface area contributed by atoms with Crippen LogP contribution in [0.25, 0.3) is 0 Å². The number of likely N-dealkylation sites (N-methyl/N-ethyl adjacent to an activating group) is 1. The van der Waals surface area contributed by atoms with Gasteiger partial charge in [0.1, 0.15) is 4.90 Å². The molecule has 1 unspecified atom stereocenters. The molecule has 1 aromatic carbocycles. The number of hydrogen-bond donors (Lipinski definition) is 0. The van der Waals surface area contributed by atoms with Gasteiger partial charge in [-0.3, -0.25) is 0 Å². The fourth-order valence-corrected chi connectivity index (χ4v) is 4.25. The highest BCUT2D eigenvalue weighted by Gasteiger charge is 2.34. The maximum absolute atomic E-state index is 12.6. The first-order valence-electron chi connectivity index (χ1n) is 6.22. The van der Waals surface area contributed by atoms with Crippen LogP contribution in [0.4, 0.5) is 0 Å². The summed E-state index contributed by atoms with van der Waals surface area (Å²) in [6.45, 7) is 0.917. The Bertz CT molecular complexity index is 652. The monoisotopic (exact) mass is 313 g/mol. The van der Waals surface area contributed by atoms with E-state index in [0.717, 1.165) is 6.42 Å². The summed E-state index contributed by atoms with van der Waals surface area (Å²) in [5.41, 5.74) is 0.288. The van der Waals surface area contributed by atoms with Crippen molar-refractivity contribution in [1.82, 2.24) is 9.21 Å². The number of halogens is 1. The Morgan fingerprint density at radius 1 is 1.45 bits per heavy atom. The van der Waals surface area contributed by atoms with Gasteiger partial charge in [-0.2, -0.15) is 9.57 Å². The molecule has 0 amide bonds. The van der Waals surface area contributed by atoms with Crippen molar-refractivity contribution in [2.24, 2.45) is 0 Å². The molecule has 0 aromatic heterocycles. The van der Waals surface area contributed by atoms with Crippen LogP contribution >= 0.6 is 11.6 Å². The first-order valence-corrected chi connectivity index (χ1v) is 8.04. The van der Waals surface area contributed by atoms with Crippen LogP contribution in [0.3, 0.4) is 0 Å². The number of benzene rings is 1. The number of rotatable bonds is 3. The summed E-state index contributed by atoms with van der Waals surface area (Å²) in [5, 5.41) is 9.04. The Hall–Kier alpha value is -1.13. The fourth-order valence-electron chi connectivity index (χ4n) is 2.26. The molecule has 0 bridgehead atoms. The highest BCUT2D eigenvalue weighted by Crippen LogP contribution is 2.28. The van der Waals surface area contributed by atoms with E-state index < -0.39 is 10.0 Å². The van der Waals surface area contributed by atoms with Gasteiger partial charge in [-0.05, 0) is 38.7 Å². The maximum atomic E-state index is 12.6. The van der Waals surface area contributed by atoms with Crippen molar-refractivity contribution >= 4 is 21.6 Å². The highest BCUT2D eigenvalue weighted by atomic mass is 35.5. The minimum Gasteiger partial charge on any atom is -0.305 e. The lowest BCUT2D eigenvalue weighted by Gasteiger charge is -2.20. The van der Waals surface area contributed by atoms with Crippen molar-refractivity contribution in [2.45, 2.75) is 17.4 Å². The lowest BCUT2D eigenvalue weighted by Crippen LogP contribution is -2.34. The van der Waals surface area contributed by atoms with Gasteiger partial charge in [-0.15, -0.1) is 0 Å². The molecule has 5 nitrogen and oxygen atoms in total. The Morgan fingerprint density at radius 3 is 2.70 bits per heavy atom. The summed E-state index contributed by atoms with van der Waals surface area (Å²) >= 11 is 5.99. The Kier molecular flexibility index (Phi) is 4.35. The molecule has 1 heterocycles. The Labute approximate surface area is 124 Å². The van der Waals surface area contributed by atoms with Crippen LogP contribution in [-0.4, -0.2) is 50.8 Å². The topological polar surface area (TPSA) is 64.4 Å². The van der Waals surface area contributed by atoms with Crippen molar-refractivity contribution in [3.63, 3.8) is 0 Å². The molecule has 1 saturated heterocycles. The SMILES string of the molecule is CN(C)C1CCN(S(=O)(=O)c2cc(C#N)ccc2Cl)C1. The summed E-state index contributed by atoms with van der Waals surface area (Å²) in [6.07, 6.45) is 0.793. The Balaban J connectivity index is 2.35. The standard InChI is InChI=1S/C13H16ClN3O2S/c1-16(2)11-5-6-17(9-11)20(18,19)13-7-10(8-15)3-4-12(13)14/h3-4,7,11H,5-6,9H2,1-2H3. The number of nitriles is 1. The van der Waals surface area contributed by atoms with E-state index in [1.54, 1.807) is 0 Å². The summed E-state index contributed by atoms with van der Waals surface area (Å²) in [4.78, 5) is 2.03. The third-order valence-electron chi connectivity index (χ3n) is 3.53. The molecule has 1 aliphatic rings. The van der Waals surface area contributed by atoms with Crippen LogP contribution in [-0.2, 0) is 10.0 Å². The van der Waals surface area contributed by atoms with Gasteiger partial charge in [-0.25, -0.2) is 8.42 Å². The minimum atomic E-state index is -3.64. The van der Waals surface area contributed by atoms with Crippen LogP contribution < -0.4 is 0 Å². The molecular formula is C13H16ClN3O2S. The lowest BCUT2D eigenvalue weighted by atomic mass is 10.2.